The fraction of sp³-hybridized carbons (Fsp3) is 0.312. The first-order valence-electron chi connectivity index (χ1n) is 7.04. The van der Waals surface area contributed by atoms with E-state index in [2.05, 4.69) is 21.4 Å². The maximum atomic E-state index is 9.35. The highest BCUT2D eigenvalue weighted by Crippen LogP contribution is 2.32. The van der Waals surface area contributed by atoms with Crippen LogP contribution in [-0.2, 0) is 4.74 Å². The number of rotatable bonds is 3. The molecule has 0 spiro atoms. The maximum absolute atomic E-state index is 9.35. The largest absolute Gasteiger partial charge is 0.371 e. The van der Waals surface area contributed by atoms with Crippen LogP contribution in [0.15, 0.2) is 30.7 Å². The topological polar surface area (TPSA) is 70.8 Å². The monoisotopic (exact) mass is 314 g/mol. The minimum Gasteiger partial charge on any atom is -0.371 e. The Morgan fingerprint density at radius 2 is 2.32 bits per heavy atom. The fourth-order valence-corrected chi connectivity index (χ4v) is 2.75. The molecule has 0 bridgehead atoms. The van der Waals surface area contributed by atoms with Gasteiger partial charge in [-0.2, -0.15) is 5.26 Å². The van der Waals surface area contributed by atoms with Gasteiger partial charge in [0.15, 0.2) is 0 Å². The lowest BCUT2D eigenvalue weighted by molar-refractivity contribution is 0.107. The lowest BCUT2D eigenvalue weighted by Crippen LogP contribution is -2.24. The molecule has 1 aliphatic rings. The van der Waals surface area contributed by atoms with Gasteiger partial charge in [-0.25, -0.2) is 4.98 Å². The van der Waals surface area contributed by atoms with E-state index in [1.807, 2.05) is 19.1 Å². The summed E-state index contributed by atoms with van der Waals surface area (Å²) < 4.78 is 5.81. The summed E-state index contributed by atoms with van der Waals surface area (Å²) >= 11 is 6.03. The van der Waals surface area contributed by atoms with Crippen molar-refractivity contribution >= 4 is 17.4 Å². The molecule has 2 aromatic heterocycles. The highest BCUT2D eigenvalue weighted by molar-refractivity contribution is 6.31. The standard InChI is InChI=1S/C16H15ClN4O/c1-10-12(7-18)16(20-9-13(10)17)21-14-4-6-22-15(14)11-3-2-5-19-8-11/h2-3,5,8-9,14-15H,4,6H2,1H3,(H,20,21)/t14-,15+/m1/s1. The molecule has 2 atom stereocenters. The van der Waals surface area contributed by atoms with Crippen LogP contribution in [0.5, 0.6) is 0 Å². The van der Waals surface area contributed by atoms with Gasteiger partial charge in [0.2, 0.25) is 0 Å². The number of nitrogens with zero attached hydrogens (tertiary/aromatic N) is 3. The first-order valence-corrected chi connectivity index (χ1v) is 7.41. The van der Waals surface area contributed by atoms with Crippen LogP contribution in [0.1, 0.15) is 29.2 Å². The third kappa shape index (κ3) is 2.76. The molecule has 1 aliphatic heterocycles. The first kappa shape index (κ1) is 14.8. The molecule has 6 heteroatoms. The number of anilines is 1. The number of nitrogens with one attached hydrogen (secondary N) is 1. The summed E-state index contributed by atoms with van der Waals surface area (Å²) in [5.41, 5.74) is 2.23. The molecule has 22 heavy (non-hydrogen) atoms. The average molecular weight is 315 g/mol. The van der Waals surface area contributed by atoms with Crippen LogP contribution in [0.2, 0.25) is 5.02 Å². The van der Waals surface area contributed by atoms with Crippen LogP contribution in [0.25, 0.3) is 0 Å². The van der Waals surface area contributed by atoms with Crippen LogP contribution in [0, 0.1) is 18.3 Å². The normalized spacial score (nSPS) is 20.6. The summed E-state index contributed by atoms with van der Waals surface area (Å²) in [6, 6.07) is 6.09. The van der Waals surface area contributed by atoms with E-state index in [9.17, 15) is 5.26 Å². The predicted molar refractivity (Wildman–Crippen MR) is 83.7 cm³/mol. The molecule has 1 N–H and O–H groups in total. The van der Waals surface area contributed by atoms with Crippen LogP contribution in [0.4, 0.5) is 5.82 Å². The van der Waals surface area contributed by atoms with E-state index in [1.54, 1.807) is 18.6 Å². The van der Waals surface area contributed by atoms with E-state index >= 15 is 0 Å². The minimum absolute atomic E-state index is 0.0457. The molecule has 1 fully saturated rings. The Morgan fingerprint density at radius 3 is 3.05 bits per heavy atom. The van der Waals surface area contributed by atoms with Gasteiger partial charge in [-0.1, -0.05) is 17.7 Å². The van der Waals surface area contributed by atoms with Gasteiger partial charge in [-0.3, -0.25) is 4.98 Å². The number of pyridine rings is 2. The van der Waals surface area contributed by atoms with Crippen molar-refractivity contribution < 1.29 is 4.74 Å². The molecule has 0 saturated carbocycles. The second kappa shape index (κ2) is 6.30. The summed E-state index contributed by atoms with van der Waals surface area (Å²) in [7, 11) is 0. The lowest BCUT2D eigenvalue weighted by Gasteiger charge is -2.21. The van der Waals surface area contributed by atoms with Crippen LogP contribution < -0.4 is 5.32 Å². The molecule has 0 radical (unpaired) electrons. The Bertz CT molecular complexity index is 714. The van der Waals surface area contributed by atoms with E-state index in [0.29, 0.717) is 23.0 Å². The Labute approximate surface area is 133 Å². The molecule has 5 nitrogen and oxygen atoms in total. The second-order valence-electron chi connectivity index (χ2n) is 5.18. The van der Waals surface area contributed by atoms with Crippen molar-refractivity contribution in [2.75, 3.05) is 11.9 Å². The predicted octanol–water partition coefficient (Wildman–Crippen LogP) is 3.25. The van der Waals surface area contributed by atoms with E-state index in [-0.39, 0.29) is 12.1 Å². The van der Waals surface area contributed by atoms with E-state index in [4.69, 9.17) is 16.3 Å². The van der Waals surface area contributed by atoms with Gasteiger partial charge < -0.3 is 10.1 Å². The third-order valence-corrected chi connectivity index (χ3v) is 4.20. The molecule has 3 heterocycles. The van der Waals surface area contributed by atoms with E-state index in [0.717, 1.165) is 17.5 Å². The van der Waals surface area contributed by atoms with Crippen molar-refractivity contribution in [1.82, 2.24) is 9.97 Å². The third-order valence-electron chi connectivity index (χ3n) is 3.82. The summed E-state index contributed by atoms with van der Waals surface area (Å²) in [5, 5.41) is 13.2. The van der Waals surface area contributed by atoms with Crippen molar-refractivity contribution in [2.24, 2.45) is 0 Å². The Kier molecular flexibility index (Phi) is 4.23. The van der Waals surface area contributed by atoms with Crippen molar-refractivity contribution in [3.63, 3.8) is 0 Å². The van der Waals surface area contributed by atoms with Gasteiger partial charge in [-0.15, -0.1) is 0 Å². The van der Waals surface area contributed by atoms with Gasteiger partial charge in [0.1, 0.15) is 18.0 Å². The van der Waals surface area contributed by atoms with Crippen LogP contribution in [-0.4, -0.2) is 22.6 Å². The number of ether oxygens (including phenoxy) is 1. The van der Waals surface area contributed by atoms with Gasteiger partial charge in [0.25, 0.3) is 0 Å². The number of halogens is 1. The number of hydrogen-bond acceptors (Lipinski definition) is 5. The van der Waals surface area contributed by atoms with E-state index in [1.165, 1.54) is 0 Å². The first-order chi connectivity index (χ1) is 10.7. The highest BCUT2D eigenvalue weighted by atomic mass is 35.5. The van der Waals surface area contributed by atoms with Crippen molar-refractivity contribution in [2.45, 2.75) is 25.5 Å². The fourth-order valence-electron chi connectivity index (χ4n) is 2.61. The van der Waals surface area contributed by atoms with Gasteiger partial charge in [0, 0.05) is 30.8 Å². The van der Waals surface area contributed by atoms with Gasteiger partial charge >= 0.3 is 0 Å². The maximum Gasteiger partial charge on any atom is 0.144 e. The van der Waals surface area contributed by atoms with Crippen molar-refractivity contribution in [3.8, 4) is 6.07 Å². The van der Waals surface area contributed by atoms with Crippen molar-refractivity contribution in [3.05, 3.63) is 52.4 Å². The summed E-state index contributed by atoms with van der Waals surface area (Å²) in [4.78, 5) is 8.40. The SMILES string of the molecule is Cc1c(Cl)cnc(N[C@@H]2CCO[C@H]2c2cccnc2)c1C#N. The minimum atomic E-state index is -0.0990. The molecule has 0 aromatic carbocycles. The number of aromatic nitrogens is 2. The van der Waals surface area contributed by atoms with Crippen LogP contribution in [0.3, 0.4) is 0 Å². The van der Waals surface area contributed by atoms with Crippen LogP contribution >= 0.6 is 11.6 Å². The molecule has 2 aromatic rings. The molecule has 1 saturated heterocycles. The summed E-state index contributed by atoms with van der Waals surface area (Å²) in [6.07, 6.45) is 5.84. The highest BCUT2D eigenvalue weighted by Gasteiger charge is 2.30. The Hall–Kier alpha value is -2.16. The quantitative estimate of drug-likeness (QED) is 0.941. The summed E-state index contributed by atoms with van der Waals surface area (Å²) in [5.74, 6) is 0.550. The zero-order valence-electron chi connectivity index (χ0n) is 12.1. The Balaban J connectivity index is 1.87. The van der Waals surface area contributed by atoms with Gasteiger partial charge in [0.05, 0.1) is 16.6 Å². The zero-order chi connectivity index (χ0) is 15.5. The smallest absolute Gasteiger partial charge is 0.144 e. The second-order valence-corrected chi connectivity index (χ2v) is 5.59. The zero-order valence-corrected chi connectivity index (χ0v) is 12.8. The lowest BCUT2D eigenvalue weighted by atomic mass is 10.0. The summed E-state index contributed by atoms with van der Waals surface area (Å²) in [6.45, 7) is 2.48. The molecule has 3 rings (SSSR count). The van der Waals surface area contributed by atoms with E-state index < -0.39 is 0 Å². The number of nitriles is 1. The molecule has 0 unspecified atom stereocenters. The molecule has 0 amide bonds. The molecule has 0 aliphatic carbocycles. The molecular weight excluding hydrogens is 300 g/mol. The molecular formula is C16H15ClN4O. The van der Waals surface area contributed by atoms with Gasteiger partial charge in [-0.05, 0) is 25.0 Å². The molecule has 112 valence electrons. The average Bonchev–Trinajstić information content (AvgIpc) is 3.00. The number of hydrogen-bond donors (Lipinski definition) is 1. The Morgan fingerprint density at radius 1 is 1.45 bits per heavy atom. The van der Waals surface area contributed by atoms with Crippen molar-refractivity contribution in [1.29, 1.82) is 5.26 Å².